The van der Waals surface area contributed by atoms with Gasteiger partial charge in [0.2, 0.25) is 5.71 Å². The standard InChI is InChI=1S/C28H24N2O/c1-18-8-14-23-24-7-4-16-29-28(24)31-27(23)26(18)25-15-13-22(17-30-25)21-11-9-20(10-12-21)19-5-2-3-6-19/h4,7-17,19H,2-3,5-6H2,1H3. The quantitative estimate of drug-likeness (QED) is 0.309. The van der Waals surface area contributed by atoms with E-state index in [9.17, 15) is 0 Å². The molecule has 0 aliphatic heterocycles. The van der Waals surface area contributed by atoms with Gasteiger partial charge in [-0.15, -0.1) is 0 Å². The van der Waals surface area contributed by atoms with Crippen molar-refractivity contribution < 1.29 is 4.42 Å². The normalized spacial score (nSPS) is 14.6. The highest BCUT2D eigenvalue weighted by molar-refractivity contribution is 6.08. The Kier molecular flexibility index (Phi) is 4.34. The molecular weight excluding hydrogens is 380 g/mol. The van der Waals surface area contributed by atoms with Crippen molar-refractivity contribution in [3.8, 4) is 22.4 Å². The van der Waals surface area contributed by atoms with E-state index >= 15 is 0 Å². The van der Waals surface area contributed by atoms with E-state index in [4.69, 9.17) is 9.40 Å². The van der Waals surface area contributed by atoms with E-state index in [1.165, 1.54) is 36.8 Å². The molecule has 1 aliphatic rings. The van der Waals surface area contributed by atoms with Crippen molar-refractivity contribution in [2.24, 2.45) is 0 Å². The van der Waals surface area contributed by atoms with E-state index in [1.54, 1.807) is 6.20 Å². The summed E-state index contributed by atoms with van der Waals surface area (Å²) < 4.78 is 6.14. The molecule has 6 rings (SSSR count). The second-order valence-electron chi connectivity index (χ2n) is 8.63. The number of aromatic nitrogens is 2. The van der Waals surface area contributed by atoms with E-state index in [0.717, 1.165) is 44.7 Å². The first-order chi connectivity index (χ1) is 15.3. The fourth-order valence-electron chi connectivity index (χ4n) is 5.01. The van der Waals surface area contributed by atoms with Crippen LogP contribution in [0.25, 0.3) is 44.5 Å². The van der Waals surface area contributed by atoms with Crippen LogP contribution < -0.4 is 0 Å². The third kappa shape index (κ3) is 3.12. The van der Waals surface area contributed by atoms with Crippen molar-refractivity contribution in [2.45, 2.75) is 38.5 Å². The summed E-state index contributed by atoms with van der Waals surface area (Å²) in [5, 5.41) is 2.12. The SMILES string of the molecule is Cc1ccc2c(oc3ncccc32)c1-c1ccc(-c2ccc(C3CCCC3)cc2)cn1. The lowest BCUT2D eigenvalue weighted by molar-refractivity contribution is 0.654. The van der Waals surface area contributed by atoms with Crippen LogP contribution in [-0.4, -0.2) is 9.97 Å². The van der Waals surface area contributed by atoms with Crippen LogP contribution in [0, 0.1) is 6.92 Å². The summed E-state index contributed by atoms with van der Waals surface area (Å²) in [4.78, 5) is 9.21. The molecule has 0 unspecified atom stereocenters. The number of pyridine rings is 2. The number of nitrogens with zero attached hydrogens (tertiary/aromatic N) is 2. The molecule has 1 saturated carbocycles. The number of aryl methyl sites for hydroxylation is 1. The summed E-state index contributed by atoms with van der Waals surface area (Å²) in [6.07, 6.45) is 9.13. The molecule has 0 saturated heterocycles. The molecule has 0 N–H and O–H groups in total. The fraction of sp³-hybridized carbons (Fsp3) is 0.214. The minimum Gasteiger partial charge on any atom is -0.437 e. The molecule has 3 aromatic heterocycles. The van der Waals surface area contributed by atoms with Gasteiger partial charge in [0, 0.05) is 34.3 Å². The Morgan fingerprint density at radius 2 is 1.61 bits per heavy atom. The third-order valence-corrected chi connectivity index (χ3v) is 6.72. The van der Waals surface area contributed by atoms with Gasteiger partial charge in [-0.25, -0.2) is 4.98 Å². The van der Waals surface area contributed by atoms with Gasteiger partial charge in [0.05, 0.1) is 5.69 Å². The highest BCUT2D eigenvalue weighted by Gasteiger charge is 2.18. The molecular formula is C28H24N2O. The van der Waals surface area contributed by atoms with Crippen LogP contribution in [0.5, 0.6) is 0 Å². The molecule has 5 aromatic rings. The zero-order chi connectivity index (χ0) is 20.8. The lowest BCUT2D eigenvalue weighted by Gasteiger charge is -2.11. The van der Waals surface area contributed by atoms with Gasteiger partial charge in [-0.1, -0.05) is 55.3 Å². The number of fused-ring (bicyclic) bond motifs is 3. The Hall–Kier alpha value is -3.46. The molecule has 152 valence electrons. The summed E-state index contributed by atoms with van der Waals surface area (Å²) in [5.41, 5.74) is 8.46. The number of furan rings is 1. The number of hydrogen-bond acceptors (Lipinski definition) is 3. The van der Waals surface area contributed by atoms with E-state index < -0.39 is 0 Å². The van der Waals surface area contributed by atoms with Crippen molar-refractivity contribution in [3.05, 3.63) is 84.2 Å². The van der Waals surface area contributed by atoms with Crippen LogP contribution in [0.4, 0.5) is 0 Å². The minimum absolute atomic E-state index is 0.670. The summed E-state index contributed by atoms with van der Waals surface area (Å²) in [6, 6.07) is 21.6. The molecule has 1 aliphatic carbocycles. The van der Waals surface area contributed by atoms with Gasteiger partial charge in [0.25, 0.3) is 0 Å². The van der Waals surface area contributed by atoms with Crippen LogP contribution >= 0.6 is 0 Å². The Labute approximate surface area is 181 Å². The predicted octanol–water partition coefficient (Wildman–Crippen LogP) is 7.68. The molecule has 3 heterocycles. The summed E-state index contributed by atoms with van der Waals surface area (Å²) >= 11 is 0. The second-order valence-corrected chi connectivity index (χ2v) is 8.63. The third-order valence-electron chi connectivity index (χ3n) is 6.72. The molecule has 0 amide bonds. The molecule has 2 aromatic carbocycles. The van der Waals surface area contributed by atoms with Gasteiger partial charge in [-0.2, -0.15) is 0 Å². The van der Waals surface area contributed by atoms with Crippen molar-refractivity contribution in [2.75, 3.05) is 0 Å². The fourth-order valence-corrected chi connectivity index (χ4v) is 5.01. The van der Waals surface area contributed by atoms with Crippen molar-refractivity contribution in [1.29, 1.82) is 0 Å². The number of benzene rings is 2. The number of rotatable bonds is 3. The first kappa shape index (κ1) is 18.3. The van der Waals surface area contributed by atoms with E-state index in [-0.39, 0.29) is 0 Å². The maximum atomic E-state index is 6.14. The van der Waals surface area contributed by atoms with Gasteiger partial charge < -0.3 is 4.42 Å². The van der Waals surface area contributed by atoms with Gasteiger partial charge in [0.1, 0.15) is 5.58 Å². The van der Waals surface area contributed by atoms with Crippen LogP contribution in [0.1, 0.15) is 42.7 Å². The topological polar surface area (TPSA) is 38.9 Å². The van der Waals surface area contributed by atoms with Gasteiger partial charge in [0.15, 0.2) is 0 Å². The highest BCUT2D eigenvalue weighted by Crippen LogP contribution is 2.37. The zero-order valence-electron chi connectivity index (χ0n) is 17.6. The van der Waals surface area contributed by atoms with Gasteiger partial charge in [-0.3, -0.25) is 4.98 Å². The first-order valence-electron chi connectivity index (χ1n) is 11.1. The summed E-state index contributed by atoms with van der Waals surface area (Å²) in [7, 11) is 0. The average molecular weight is 405 g/mol. The smallest absolute Gasteiger partial charge is 0.227 e. The van der Waals surface area contributed by atoms with Crippen LogP contribution in [0.2, 0.25) is 0 Å². The van der Waals surface area contributed by atoms with E-state index in [0.29, 0.717) is 5.71 Å². The Balaban J connectivity index is 1.37. The molecule has 3 nitrogen and oxygen atoms in total. The lowest BCUT2D eigenvalue weighted by Crippen LogP contribution is -1.92. The van der Waals surface area contributed by atoms with Crippen LogP contribution in [0.3, 0.4) is 0 Å². The Morgan fingerprint density at radius 3 is 2.39 bits per heavy atom. The monoisotopic (exact) mass is 404 g/mol. The van der Waals surface area contributed by atoms with Crippen molar-refractivity contribution >= 4 is 22.1 Å². The average Bonchev–Trinajstić information content (AvgIpc) is 3.48. The zero-order valence-corrected chi connectivity index (χ0v) is 17.6. The second kappa shape index (κ2) is 7.35. The van der Waals surface area contributed by atoms with Gasteiger partial charge >= 0.3 is 0 Å². The van der Waals surface area contributed by atoms with Crippen LogP contribution in [0.15, 0.2) is 77.5 Å². The van der Waals surface area contributed by atoms with E-state index in [1.807, 2.05) is 12.3 Å². The molecule has 0 spiro atoms. The highest BCUT2D eigenvalue weighted by atomic mass is 16.3. The number of hydrogen-bond donors (Lipinski definition) is 0. The first-order valence-corrected chi connectivity index (χ1v) is 11.1. The summed E-state index contributed by atoms with van der Waals surface area (Å²) in [6.45, 7) is 2.10. The molecule has 0 radical (unpaired) electrons. The molecule has 0 bridgehead atoms. The summed E-state index contributed by atoms with van der Waals surface area (Å²) in [5.74, 6) is 0.747. The Bertz CT molecular complexity index is 1380. The molecule has 1 fully saturated rings. The minimum atomic E-state index is 0.670. The Morgan fingerprint density at radius 1 is 0.806 bits per heavy atom. The molecule has 31 heavy (non-hydrogen) atoms. The predicted molar refractivity (Wildman–Crippen MR) is 126 cm³/mol. The van der Waals surface area contributed by atoms with Crippen LogP contribution in [-0.2, 0) is 0 Å². The van der Waals surface area contributed by atoms with Crippen molar-refractivity contribution in [1.82, 2.24) is 9.97 Å². The maximum Gasteiger partial charge on any atom is 0.227 e. The maximum absolute atomic E-state index is 6.14. The largest absolute Gasteiger partial charge is 0.437 e. The molecule has 0 atom stereocenters. The van der Waals surface area contributed by atoms with Crippen molar-refractivity contribution in [3.63, 3.8) is 0 Å². The lowest BCUT2D eigenvalue weighted by atomic mass is 9.95. The molecule has 3 heteroatoms. The van der Waals surface area contributed by atoms with E-state index in [2.05, 4.69) is 66.5 Å². The van der Waals surface area contributed by atoms with Gasteiger partial charge in [-0.05, 0) is 60.6 Å².